The molecule has 1 aliphatic rings. The summed E-state index contributed by atoms with van der Waals surface area (Å²) in [6.45, 7) is 2.18. The lowest BCUT2D eigenvalue weighted by molar-refractivity contribution is -0.110. The van der Waals surface area contributed by atoms with Crippen molar-refractivity contribution in [2.75, 3.05) is 34.4 Å². The lowest BCUT2D eigenvalue weighted by atomic mass is 10.0. The summed E-state index contributed by atoms with van der Waals surface area (Å²) in [5.41, 5.74) is 0.716. The number of nitrogens with zero attached hydrogens (tertiary/aromatic N) is 1. The first kappa shape index (κ1) is 17.0. The molecule has 7 nitrogen and oxygen atoms in total. The zero-order valence-electron chi connectivity index (χ0n) is 13.2. The van der Waals surface area contributed by atoms with Crippen molar-refractivity contribution in [3.8, 4) is 11.5 Å². The molecule has 1 N–H and O–H groups in total. The van der Waals surface area contributed by atoms with Crippen LogP contribution >= 0.6 is 0 Å². The van der Waals surface area contributed by atoms with Gasteiger partial charge in [-0.3, -0.25) is 4.84 Å². The second-order valence-corrected chi connectivity index (χ2v) is 6.96. The quantitative estimate of drug-likeness (QED) is 0.836. The largest absolute Gasteiger partial charge is 0.497 e. The average Bonchev–Trinajstić information content (AvgIpc) is 2.89. The first-order chi connectivity index (χ1) is 10.4. The molecule has 1 saturated heterocycles. The summed E-state index contributed by atoms with van der Waals surface area (Å²) in [6.07, 6.45) is 0. The van der Waals surface area contributed by atoms with E-state index in [0.717, 1.165) is 0 Å². The SMILES string of the molecule is CCNS(=O)(=O)C1CON(C)C1c1cc(OC)ccc1OC. The molecule has 0 aliphatic carbocycles. The van der Waals surface area contributed by atoms with Gasteiger partial charge in [0.2, 0.25) is 10.0 Å². The summed E-state index contributed by atoms with van der Waals surface area (Å²) >= 11 is 0. The van der Waals surface area contributed by atoms with Crippen molar-refractivity contribution >= 4 is 10.0 Å². The molecule has 1 aromatic carbocycles. The van der Waals surface area contributed by atoms with E-state index in [4.69, 9.17) is 14.3 Å². The van der Waals surface area contributed by atoms with Crippen LogP contribution in [0.1, 0.15) is 18.5 Å². The molecule has 8 heteroatoms. The standard InChI is InChI=1S/C14H22N2O5S/c1-5-15-22(17,18)13-9-21-16(2)14(13)11-8-10(19-3)6-7-12(11)20-4/h6-8,13-15H,5,9H2,1-4H3. The second-order valence-electron chi connectivity index (χ2n) is 4.98. The van der Waals surface area contributed by atoms with Gasteiger partial charge in [0.1, 0.15) is 16.7 Å². The van der Waals surface area contributed by atoms with Gasteiger partial charge in [-0.1, -0.05) is 6.92 Å². The highest BCUT2D eigenvalue weighted by Gasteiger charge is 2.44. The highest BCUT2D eigenvalue weighted by atomic mass is 32.2. The zero-order chi connectivity index (χ0) is 16.3. The third-order valence-corrected chi connectivity index (χ3v) is 5.57. The Bertz CT molecular complexity index is 620. The summed E-state index contributed by atoms with van der Waals surface area (Å²) in [7, 11) is 1.33. The molecule has 0 spiro atoms. The van der Waals surface area contributed by atoms with Crippen LogP contribution in [0.2, 0.25) is 0 Å². The molecule has 0 bridgehead atoms. The Balaban J connectivity index is 2.48. The van der Waals surface area contributed by atoms with Crippen molar-refractivity contribution in [3.63, 3.8) is 0 Å². The number of hydrogen-bond donors (Lipinski definition) is 1. The Kier molecular flexibility index (Phi) is 5.28. The smallest absolute Gasteiger partial charge is 0.218 e. The zero-order valence-corrected chi connectivity index (χ0v) is 14.0. The van der Waals surface area contributed by atoms with Gasteiger partial charge in [-0.2, -0.15) is 5.06 Å². The Morgan fingerprint density at radius 3 is 2.68 bits per heavy atom. The molecule has 0 amide bonds. The predicted molar refractivity (Wildman–Crippen MR) is 82.4 cm³/mol. The van der Waals surface area contributed by atoms with Gasteiger partial charge in [0, 0.05) is 19.2 Å². The van der Waals surface area contributed by atoms with Crippen molar-refractivity contribution < 1.29 is 22.7 Å². The van der Waals surface area contributed by atoms with E-state index in [9.17, 15) is 8.42 Å². The molecule has 0 saturated carbocycles. The van der Waals surface area contributed by atoms with E-state index in [-0.39, 0.29) is 6.61 Å². The van der Waals surface area contributed by atoms with E-state index in [2.05, 4.69) is 4.72 Å². The number of methoxy groups -OCH3 is 2. The van der Waals surface area contributed by atoms with Gasteiger partial charge in [0.25, 0.3) is 0 Å². The topological polar surface area (TPSA) is 77.1 Å². The number of hydrogen-bond acceptors (Lipinski definition) is 6. The van der Waals surface area contributed by atoms with Gasteiger partial charge in [0.05, 0.1) is 26.9 Å². The fourth-order valence-electron chi connectivity index (χ4n) is 2.63. The number of nitrogens with one attached hydrogen (secondary N) is 1. The Morgan fingerprint density at radius 1 is 1.36 bits per heavy atom. The van der Waals surface area contributed by atoms with E-state index in [1.807, 2.05) is 0 Å². The first-order valence-electron chi connectivity index (χ1n) is 7.00. The molecule has 1 aliphatic heterocycles. The average molecular weight is 330 g/mol. The Labute approximate surface area is 131 Å². The number of rotatable bonds is 6. The van der Waals surface area contributed by atoms with Crippen molar-refractivity contribution in [2.24, 2.45) is 0 Å². The molecule has 2 rings (SSSR count). The van der Waals surface area contributed by atoms with Crippen LogP contribution in [0.3, 0.4) is 0 Å². The van der Waals surface area contributed by atoms with Crippen LogP contribution in [0.4, 0.5) is 0 Å². The molecule has 0 radical (unpaired) electrons. The minimum Gasteiger partial charge on any atom is -0.497 e. The van der Waals surface area contributed by atoms with E-state index >= 15 is 0 Å². The van der Waals surface area contributed by atoms with Gasteiger partial charge >= 0.3 is 0 Å². The van der Waals surface area contributed by atoms with E-state index in [1.165, 1.54) is 0 Å². The number of sulfonamides is 1. The maximum Gasteiger partial charge on any atom is 0.218 e. The van der Waals surface area contributed by atoms with E-state index in [1.54, 1.807) is 51.5 Å². The normalized spacial score (nSPS) is 22.7. The fourth-order valence-corrected chi connectivity index (χ4v) is 4.14. The molecule has 1 aromatic rings. The highest BCUT2D eigenvalue weighted by molar-refractivity contribution is 7.90. The summed E-state index contributed by atoms with van der Waals surface area (Å²) in [5.74, 6) is 1.23. The van der Waals surface area contributed by atoms with Crippen LogP contribution in [0.15, 0.2) is 18.2 Å². The molecule has 2 unspecified atom stereocenters. The van der Waals surface area contributed by atoms with Crippen LogP contribution in [-0.4, -0.2) is 53.1 Å². The van der Waals surface area contributed by atoms with Crippen LogP contribution in [-0.2, 0) is 14.9 Å². The molecular formula is C14H22N2O5S. The lowest BCUT2D eigenvalue weighted by Gasteiger charge is -2.25. The maximum absolute atomic E-state index is 12.4. The van der Waals surface area contributed by atoms with Gasteiger partial charge in [0.15, 0.2) is 0 Å². The number of benzene rings is 1. The molecule has 22 heavy (non-hydrogen) atoms. The lowest BCUT2D eigenvalue weighted by Crippen LogP contribution is -2.39. The van der Waals surface area contributed by atoms with Crippen molar-refractivity contribution in [3.05, 3.63) is 23.8 Å². The molecule has 1 heterocycles. The molecule has 124 valence electrons. The Morgan fingerprint density at radius 2 is 2.09 bits per heavy atom. The van der Waals surface area contributed by atoms with Crippen LogP contribution in [0, 0.1) is 0 Å². The molecule has 0 aromatic heterocycles. The molecule has 1 fully saturated rings. The first-order valence-corrected chi connectivity index (χ1v) is 8.55. The number of hydroxylamine groups is 2. The minimum atomic E-state index is -3.50. The van der Waals surface area contributed by atoms with Crippen LogP contribution < -0.4 is 14.2 Å². The van der Waals surface area contributed by atoms with Crippen molar-refractivity contribution in [1.29, 1.82) is 0 Å². The minimum absolute atomic E-state index is 0.0941. The summed E-state index contributed by atoms with van der Waals surface area (Å²) in [6, 6.07) is 4.83. The third kappa shape index (κ3) is 3.19. The monoisotopic (exact) mass is 330 g/mol. The highest BCUT2D eigenvalue weighted by Crippen LogP contribution is 2.39. The van der Waals surface area contributed by atoms with Crippen LogP contribution in [0.5, 0.6) is 11.5 Å². The van der Waals surface area contributed by atoms with Crippen molar-refractivity contribution in [2.45, 2.75) is 18.2 Å². The molecule has 2 atom stereocenters. The van der Waals surface area contributed by atoms with Crippen molar-refractivity contribution in [1.82, 2.24) is 9.79 Å². The fraction of sp³-hybridized carbons (Fsp3) is 0.571. The third-order valence-electron chi connectivity index (χ3n) is 3.69. The Hall–Kier alpha value is -1.35. The number of ether oxygens (including phenoxy) is 2. The summed E-state index contributed by atoms with van der Waals surface area (Å²) < 4.78 is 38.0. The van der Waals surface area contributed by atoms with E-state index in [0.29, 0.717) is 23.6 Å². The van der Waals surface area contributed by atoms with E-state index < -0.39 is 21.3 Å². The van der Waals surface area contributed by atoms with Gasteiger partial charge in [-0.05, 0) is 18.2 Å². The summed E-state index contributed by atoms with van der Waals surface area (Å²) in [4.78, 5) is 5.46. The van der Waals surface area contributed by atoms with Gasteiger partial charge < -0.3 is 9.47 Å². The van der Waals surface area contributed by atoms with Crippen LogP contribution in [0.25, 0.3) is 0 Å². The molecular weight excluding hydrogens is 308 g/mol. The summed E-state index contributed by atoms with van der Waals surface area (Å²) in [5, 5.41) is 0.829. The van der Waals surface area contributed by atoms with Gasteiger partial charge in [-0.15, -0.1) is 0 Å². The van der Waals surface area contributed by atoms with Gasteiger partial charge in [-0.25, -0.2) is 13.1 Å². The predicted octanol–water partition coefficient (Wildman–Crippen LogP) is 0.930. The second kappa shape index (κ2) is 6.82. The maximum atomic E-state index is 12.4.